The van der Waals surface area contributed by atoms with Crippen LogP contribution in [0.4, 0.5) is 0 Å². The Morgan fingerprint density at radius 3 is 2.43 bits per heavy atom. The summed E-state index contributed by atoms with van der Waals surface area (Å²) in [5, 5.41) is 0. The zero-order chi connectivity index (χ0) is 16.0. The molecule has 0 unspecified atom stereocenters. The molecule has 0 heterocycles. The van der Waals surface area contributed by atoms with Crippen molar-refractivity contribution in [3.63, 3.8) is 0 Å². The molecule has 120 valence electrons. The highest BCUT2D eigenvalue weighted by Gasteiger charge is 2.25. The quantitative estimate of drug-likeness (QED) is 0.750. The number of nitrogens with two attached hydrogens (primary N) is 1. The van der Waals surface area contributed by atoms with Crippen LogP contribution < -0.4 is 5.73 Å². The lowest BCUT2D eigenvalue weighted by atomic mass is 10.2. The van der Waals surface area contributed by atoms with Crippen LogP contribution in [0.5, 0.6) is 0 Å². The highest BCUT2D eigenvalue weighted by Crippen LogP contribution is 2.26. The fourth-order valence-electron chi connectivity index (χ4n) is 2.02. The number of sulfonamides is 1. The molecule has 0 saturated heterocycles. The Hall–Kier alpha value is -0.470. The average Bonchev–Trinajstić information content (AvgIpc) is 2.43. The summed E-state index contributed by atoms with van der Waals surface area (Å²) in [7, 11) is 0.457. The van der Waals surface area contributed by atoms with Gasteiger partial charge in [-0.25, -0.2) is 8.42 Å². The predicted molar refractivity (Wildman–Crippen MR) is 89.6 cm³/mol. The second-order valence-electron chi connectivity index (χ2n) is 5.12. The zero-order valence-corrected chi connectivity index (χ0v) is 15.2. The Kier molecular flexibility index (Phi) is 7.29. The Morgan fingerprint density at radius 1 is 1.24 bits per heavy atom. The molecule has 21 heavy (non-hydrogen) atoms. The Balaban J connectivity index is 3.01. The van der Waals surface area contributed by atoms with Gasteiger partial charge in [0.2, 0.25) is 10.0 Å². The summed E-state index contributed by atoms with van der Waals surface area (Å²) in [6.07, 6.45) is 0.800. The van der Waals surface area contributed by atoms with Crippen molar-refractivity contribution in [1.82, 2.24) is 9.21 Å². The second-order valence-corrected chi connectivity index (χ2v) is 7.88. The van der Waals surface area contributed by atoms with Crippen molar-refractivity contribution in [2.75, 3.05) is 33.7 Å². The first kappa shape index (κ1) is 18.6. The summed E-state index contributed by atoms with van der Waals surface area (Å²) >= 11 is 3.33. The smallest absolute Gasteiger partial charge is 0.244 e. The Morgan fingerprint density at radius 2 is 1.90 bits per heavy atom. The maximum atomic E-state index is 12.8. The van der Waals surface area contributed by atoms with E-state index >= 15 is 0 Å². The summed E-state index contributed by atoms with van der Waals surface area (Å²) in [5.41, 5.74) is 6.41. The molecule has 0 bridgehead atoms. The normalized spacial score (nSPS) is 12.3. The maximum Gasteiger partial charge on any atom is 0.244 e. The number of halogens is 1. The van der Waals surface area contributed by atoms with Crippen LogP contribution in [0.25, 0.3) is 0 Å². The molecule has 0 aliphatic heterocycles. The van der Waals surface area contributed by atoms with E-state index in [0.29, 0.717) is 24.1 Å². The van der Waals surface area contributed by atoms with Gasteiger partial charge in [-0.15, -0.1) is 0 Å². The molecule has 0 fully saturated rings. The van der Waals surface area contributed by atoms with E-state index in [1.54, 1.807) is 12.1 Å². The molecule has 0 aromatic heterocycles. The minimum Gasteiger partial charge on any atom is -0.326 e. The third-order valence-electron chi connectivity index (χ3n) is 3.21. The third-order valence-corrected chi connectivity index (χ3v) is 6.18. The summed E-state index contributed by atoms with van der Waals surface area (Å²) in [6.45, 7) is 4.00. The van der Waals surface area contributed by atoms with Gasteiger partial charge in [-0.05, 0) is 60.7 Å². The lowest BCUT2D eigenvalue weighted by Crippen LogP contribution is -2.33. The standard InChI is InChI=1S/C14H24BrN3O2S/c1-4-18(9-5-8-17(2)3)21(19,20)14-10-12(11-16)6-7-13(14)15/h6-7,10H,4-5,8-9,11,16H2,1-3H3. The molecular weight excluding hydrogens is 354 g/mol. The molecule has 2 N–H and O–H groups in total. The van der Waals surface area contributed by atoms with Crippen LogP contribution >= 0.6 is 15.9 Å². The molecule has 0 spiro atoms. The highest BCUT2D eigenvalue weighted by molar-refractivity contribution is 9.10. The summed E-state index contributed by atoms with van der Waals surface area (Å²) in [5.74, 6) is 0. The zero-order valence-electron chi connectivity index (χ0n) is 12.8. The molecule has 1 aromatic carbocycles. The molecule has 5 nitrogen and oxygen atoms in total. The molecule has 1 rings (SSSR count). The maximum absolute atomic E-state index is 12.8. The van der Waals surface area contributed by atoms with E-state index in [-0.39, 0.29) is 4.90 Å². The third kappa shape index (κ3) is 5.03. The molecule has 1 aromatic rings. The summed E-state index contributed by atoms with van der Waals surface area (Å²) < 4.78 is 27.6. The van der Waals surface area contributed by atoms with Crippen molar-refractivity contribution < 1.29 is 8.42 Å². The Labute approximate surface area is 136 Å². The minimum absolute atomic E-state index is 0.289. The van der Waals surface area contributed by atoms with Gasteiger partial charge in [0, 0.05) is 24.1 Å². The number of nitrogens with zero attached hydrogens (tertiary/aromatic N) is 2. The van der Waals surface area contributed by atoms with Crippen molar-refractivity contribution in [1.29, 1.82) is 0 Å². The molecule has 0 atom stereocenters. The first-order valence-electron chi connectivity index (χ1n) is 6.96. The molecule has 0 aliphatic carbocycles. The first-order valence-corrected chi connectivity index (χ1v) is 9.19. The fraction of sp³-hybridized carbons (Fsp3) is 0.571. The van der Waals surface area contributed by atoms with Crippen LogP contribution in [0, 0.1) is 0 Å². The lowest BCUT2D eigenvalue weighted by Gasteiger charge is -2.22. The fourth-order valence-corrected chi connectivity index (χ4v) is 4.49. The molecule has 0 amide bonds. The van der Waals surface area contributed by atoms with Gasteiger partial charge >= 0.3 is 0 Å². The van der Waals surface area contributed by atoms with Crippen LogP contribution in [-0.4, -0.2) is 51.4 Å². The van der Waals surface area contributed by atoms with Crippen molar-refractivity contribution >= 4 is 26.0 Å². The predicted octanol–water partition coefficient (Wildman–Crippen LogP) is 1.87. The van der Waals surface area contributed by atoms with Crippen molar-refractivity contribution in [3.05, 3.63) is 28.2 Å². The highest BCUT2D eigenvalue weighted by atomic mass is 79.9. The van der Waals surface area contributed by atoms with Crippen LogP contribution in [-0.2, 0) is 16.6 Å². The topological polar surface area (TPSA) is 66.6 Å². The summed E-state index contributed by atoms with van der Waals surface area (Å²) in [6, 6.07) is 5.21. The van der Waals surface area contributed by atoms with Gasteiger partial charge in [-0.1, -0.05) is 13.0 Å². The molecule has 0 saturated carbocycles. The van der Waals surface area contributed by atoms with Gasteiger partial charge in [-0.2, -0.15) is 4.31 Å². The van der Waals surface area contributed by atoms with Gasteiger partial charge in [0.25, 0.3) is 0 Å². The largest absolute Gasteiger partial charge is 0.326 e. The van der Waals surface area contributed by atoms with E-state index in [2.05, 4.69) is 15.9 Å². The average molecular weight is 378 g/mol. The van der Waals surface area contributed by atoms with E-state index < -0.39 is 10.0 Å². The number of hydrogen-bond acceptors (Lipinski definition) is 4. The molecular formula is C14H24BrN3O2S. The molecule has 0 radical (unpaired) electrons. The van der Waals surface area contributed by atoms with E-state index in [4.69, 9.17) is 5.73 Å². The van der Waals surface area contributed by atoms with Crippen LogP contribution in [0.15, 0.2) is 27.6 Å². The van der Waals surface area contributed by atoms with Crippen molar-refractivity contribution in [3.8, 4) is 0 Å². The Bertz CT molecular complexity index is 561. The van der Waals surface area contributed by atoms with E-state index in [0.717, 1.165) is 18.5 Å². The summed E-state index contributed by atoms with van der Waals surface area (Å²) in [4.78, 5) is 2.34. The van der Waals surface area contributed by atoms with Gasteiger partial charge < -0.3 is 10.6 Å². The van der Waals surface area contributed by atoms with Crippen LogP contribution in [0.3, 0.4) is 0 Å². The number of benzene rings is 1. The van der Waals surface area contributed by atoms with Gasteiger partial charge in [0.1, 0.15) is 0 Å². The van der Waals surface area contributed by atoms with Gasteiger partial charge in [-0.3, -0.25) is 0 Å². The van der Waals surface area contributed by atoms with E-state index in [9.17, 15) is 8.42 Å². The van der Waals surface area contributed by atoms with E-state index in [1.165, 1.54) is 4.31 Å². The van der Waals surface area contributed by atoms with Crippen LogP contribution in [0.1, 0.15) is 18.9 Å². The monoisotopic (exact) mass is 377 g/mol. The van der Waals surface area contributed by atoms with Crippen molar-refractivity contribution in [2.24, 2.45) is 5.73 Å². The van der Waals surface area contributed by atoms with Crippen molar-refractivity contribution in [2.45, 2.75) is 24.8 Å². The first-order chi connectivity index (χ1) is 9.82. The lowest BCUT2D eigenvalue weighted by molar-refractivity contribution is 0.356. The molecule has 7 heteroatoms. The number of rotatable bonds is 8. The van der Waals surface area contributed by atoms with Gasteiger partial charge in [0.05, 0.1) is 4.90 Å². The van der Waals surface area contributed by atoms with E-state index in [1.807, 2.05) is 32.0 Å². The van der Waals surface area contributed by atoms with Crippen LogP contribution in [0.2, 0.25) is 0 Å². The molecule has 0 aliphatic rings. The SMILES string of the molecule is CCN(CCCN(C)C)S(=O)(=O)c1cc(CN)ccc1Br. The number of hydrogen-bond donors (Lipinski definition) is 1. The second kappa shape index (κ2) is 8.24. The van der Waals surface area contributed by atoms with Gasteiger partial charge in [0.15, 0.2) is 0 Å². The minimum atomic E-state index is -3.50.